The molecule has 0 saturated carbocycles. The highest BCUT2D eigenvalue weighted by molar-refractivity contribution is 5.96. The summed E-state index contributed by atoms with van der Waals surface area (Å²) in [6, 6.07) is 9.03. The van der Waals surface area contributed by atoms with Crippen LogP contribution in [0.5, 0.6) is 5.75 Å². The molecule has 2 aromatic rings. The second-order valence-electron chi connectivity index (χ2n) is 3.20. The predicted molar refractivity (Wildman–Crippen MR) is 62.7 cm³/mol. The quantitative estimate of drug-likeness (QED) is 0.718. The lowest BCUT2D eigenvalue weighted by atomic mass is 10.1. The van der Waals surface area contributed by atoms with Crippen LogP contribution in [-0.2, 0) is 0 Å². The molecule has 0 aliphatic carbocycles. The van der Waals surface area contributed by atoms with E-state index in [1.165, 1.54) is 6.21 Å². The van der Waals surface area contributed by atoms with Crippen molar-refractivity contribution in [2.45, 2.75) is 0 Å². The number of fused-ring (bicyclic) bond motifs is 1. The molecule has 2 rings (SSSR count). The molecule has 0 bridgehead atoms. The second kappa shape index (κ2) is 3.53. The Morgan fingerprint density at radius 3 is 2.93 bits per heavy atom. The summed E-state index contributed by atoms with van der Waals surface area (Å²) >= 11 is 0. The maximum Gasteiger partial charge on any atom is 0.187 e. The number of aliphatic imine (C=N–C) groups is 1. The Labute approximate surface area is 88.7 Å². The van der Waals surface area contributed by atoms with Crippen molar-refractivity contribution in [1.29, 1.82) is 5.40 Å². The van der Waals surface area contributed by atoms with Crippen molar-refractivity contribution in [2.75, 3.05) is 0 Å². The number of hydrogen-bond donors (Lipinski definition) is 2. The lowest BCUT2D eigenvalue weighted by molar-refractivity contribution is 0.483. The number of phenols is 1. The van der Waals surface area contributed by atoms with Crippen LogP contribution in [0, 0.1) is 5.40 Å². The zero-order valence-electron chi connectivity index (χ0n) is 9.01. The number of nitrogens with one attached hydrogen (secondary N) is 1. The van der Waals surface area contributed by atoms with E-state index in [0.29, 0.717) is 11.1 Å². The van der Waals surface area contributed by atoms with Gasteiger partial charge in [0.1, 0.15) is 11.4 Å². The number of nitrogens with zero attached hydrogens (tertiary/aromatic N) is 1. The van der Waals surface area contributed by atoms with Gasteiger partial charge in [0.15, 0.2) is 1.41 Å². The third-order valence-electron chi connectivity index (χ3n) is 2.32. The lowest BCUT2D eigenvalue weighted by Crippen LogP contribution is -1.81. The van der Waals surface area contributed by atoms with E-state index < -0.39 is 0 Å². The van der Waals surface area contributed by atoms with E-state index in [1.807, 2.05) is 18.2 Å². The normalized spacial score (nSPS) is 11.9. The average Bonchev–Trinajstić information content (AvgIpc) is 2.31. The molecule has 2 N–H and O–H groups in total. The molecule has 0 aliphatic rings. The molecule has 0 unspecified atom stereocenters. The molecule has 74 valence electrons. The second-order valence-corrected chi connectivity index (χ2v) is 3.20. The fourth-order valence-corrected chi connectivity index (χ4v) is 1.52. The van der Waals surface area contributed by atoms with Gasteiger partial charge in [-0.3, -0.25) is 4.99 Å². The Balaban J connectivity index is 2.73. The topological polar surface area (TPSA) is 56.4 Å². The van der Waals surface area contributed by atoms with Gasteiger partial charge in [-0.1, -0.05) is 18.2 Å². The van der Waals surface area contributed by atoms with Crippen molar-refractivity contribution in [1.82, 2.24) is 0 Å². The smallest absolute Gasteiger partial charge is 0.187 e. The largest absolute Gasteiger partial charge is 0.505 e. The summed E-state index contributed by atoms with van der Waals surface area (Å²) in [5.74, 6) is 0.104. The third kappa shape index (κ3) is 1.48. The van der Waals surface area contributed by atoms with Crippen LogP contribution in [0.1, 0.15) is 5.56 Å². The summed E-state index contributed by atoms with van der Waals surface area (Å²) in [4.78, 5) is 3.73. The third-order valence-corrected chi connectivity index (χ3v) is 2.32. The standard InChI is InChI=1S/C12H10N2O/c1-14-11-5-4-9-3-2-8(7-13)6-10(9)12(11)15/h2-7,13,15H,1H2/i/hD. The van der Waals surface area contributed by atoms with Crippen molar-refractivity contribution in [3.8, 4) is 5.75 Å². The van der Waals surface area contributed by atoms with Crippen LogP contribution in [0.2, 0.25) is 1.41 Å². The Hall–Kier alpha value is -2.16. The Morgan fingerprint density at radius 2 is 2.20 bits per heavy atom. The van der Waals surface area contributed by atoms with Gasteiger partial charge in [0.2, 0.25) is 0 Å². The minimum Gasteiger partial charge on any atom is -0.505 e. The predicted octanol–water partition coefficient (Wildman–Crippen LogP) is 2.88. The first-order valence-electron chi connectivity index (χ1n) is 4.91. The zero-order chi connectivity index (χ0) is 11.5. The molecule has 0 radical (unpaired) electrons. The van der Waals surface area contributed by atoms with Crippen molar-refractivity contribution >= 4 is 29.4 Å². The summed E-state index contributed by atoms with van der Waals surface area (Å²) in [6.45, 7) is 3.39. The van der Waals surface area contributed by atoms with Gasteiger partial charge in [0.05, 0.1) is 0 Å². The molecular weight excluding hydrogens is 188 g/mol. The highest BCUT2D eigenvalue weighted by atomic mass is 16.3. The fourth-order valence-electron chi connectivity index (χ4n) is 1.52. The maximum atomic E-state index is 9.92. The number of hydrogen-bond acceptors (Lipinski definition) is 3. The summed E-state index contributed by atoms with van der Waals surface area (Å²) in [5, 5.41) is 14.7. The van der Waals surface area contributed by atoms with E-state index >= 15 is 0 Å². The first kappa shape index (κ1) is 8.17. The van der Waals surface area contributed by atoms with Crippen LogP contribution < -0.4 is 0 Å². The minimum atomic E-state index is 0.104. The molecule has 0 spiro atoms. The maximum absolute atomic E-state index is 9.92. The fraction of sp³-hybridized carbons (Fsp3) is 0. The molecule has 3 nitrogen and oxygen atoms in total. The van der Waals surface area contributed by atoms with Gasteiger partial charge in [-0.2, -0.15) is 0 Å². The number of benzene rings is 2. The molecule has 2 aromatic carbocycles. The average molecular weight is 199 g/mol. The molecule has 0 fully saturated rings. The van der Waals surface area contributed by atoms with Gasteiger partial charge in [0.25, 0.3) is 0 Å². The van der Waals surface area contributed by atoms with Crippen LogP contribution in [0.3, 0.4) is 0 Å². The van der Waals surface area contributed by atoms with Crippen LogP contribution in [0.4, 0.5) is 5.69 Å². The summed E-state index contributed by atoms with van der Waals surface area (Å²) in [5.41, 5.74) is 1.21. The van der Waals surface area contributed by atoms with Gasteiger partial charge in [-0.15, -0.1) is 0 Å². The van der Waals surface area contributed by atoms with Crippen LogP contribution in [-0.4, -0.2) is 18.0 Å². The minimum absolute atomic E-state index is 0.104. The monoisotopic (exact) mass is 199 g/mol. The van der Waals surface area contributed by atoms with Crippen molar-refractivity contribution in [3.05, 3.63) is 35.9 Å². The number of rotatable bonds is 2. The first-order valence-corrected chi connectivity index (χ1v) is 4.46. The van der Waals surface area contributed by atoms with E-state index in [-0.39, 0.29) is 5.75 Å². The highest BCUT2D eigenvalue weighted by Gasteiger charge is 2.04. The summed E-state index contributed by atoms with van der Waals surface area (Å²) in [6.07, 6.45) is 1.41. The lowest BCUT2D eigenvalue weighted by Gasteiger charge is -2.04. The first-order chi connectivity index (χ1) is 7.76. The van der Waals surface area contributed by atoms with Gasteiger partial charge < -0.3 is 10.5 Å². The van der Waals surface area contributed by atoms with E-state index in [4.69, 9.17) is 1.41 Å². The van der Waals surface area contributed by atoms with Crippen LogP contribution in [0.15, 0.2) is 35.3 Å². The molecule has 15 heavy (non-hydrogen) atoms. The number of phenolic OH excluding ortho intramolecular Hbond substituents is 1. The SMILES string of the molecule is [2H]N=Cc1ccc2ccc(N=C)c(O)c2c1. The Kier molecular flexibility index (Phi) is 1.93. The van der Waals surface area contributed by atoms with Crippen LogP contribution in [0.25, 0.3) is 10.8 Å². The van der Waals surface area contributed by atoms with E-state index in [9.17, 15) is 5.11 Å². The molecule has 3 heteroatoms. The van der Waals surface area contributed by atoms with Crippen LogP contribution >= 0.6 is 0 Å². The molecule has 0 saturated heterocycles. The van der Waals surface area contributed by atoms with Gasteiger partial charge in [0, 0.05) is 11.6 Å². The Bertz CT molecular complexity index is 578. The van der Waals surface area contributed by atoms with Crippen molar-refractivity contribution in [3.63, 3.8) is 0 Å². The summed E-state index contributed by atoms with van der Waals surface area (Å²) in [7, 11) is 0. The van der Waals surface area contributed by atoms with Gasteiger partial charge in [-0.25, -0.2) is 0 Å². The molecule has 0 heterocycles. The summed E-state index contributed by atoms with van der Waals surface area (Å²) < 4.78 is 6.76. The zero-order valence-corrected chi connectivity index (χ0v) is 8.01. The molecule has 0 amide bonds. The van der Waals surface area contributed by atoms with Crippen molar-refractivity contribution in [2.24, 2.45) is 4.99 Å². The highest BCUT2D eigenvalue weighted by Crippen LogP contribution is 2.34. The molecular formula is C12H10N2O. The molecule has 0 atom stereocenters. The van der Waals surface area contributed by atoms with E-state index in [0.717, 1.165) is 10.9 Å². The molecule has 0 aliphatic heterocycles. The van der Waals surface area contributed by atoms with Crippen molar-refractivity contribution < 1.29 is 6.52 Å². The Morgan fingerprint density at radius 1 is 1.40 bits per heavy atom. The molecule has 0 aromatic heterocycles. The number of aromatic hydroxyl groups is 1. The van der Waals surface area contributed by atoms with Gasteiger partial charge >= 0.3 is 0 Å². The van der Waals surface area contributed by atoms with E-state index in [2.05, 4.69) is 17.1 Å². The van der Waals surface area contributed by atoms with E-state index in [1.54, 1.807) is 12.1 Å². The van der Waals surface area contributed by atoms with Gasteiger partial charge in [-0.05, 0) is 29.8 Å².